The van der Waals surface area contributed by atoms with Gasteiger partial charge in [0, 0.05) is 19.7 Å². The molecular formula is C25H44N2O4. The van der Waals surface area contributed by atoms with Crippen LogP contribution < -0.4 is 5.32 Å². The highest BCUT2D eigenvalue weighted by atomic mass is 16.5. The monoisotopic (exact) mass is 436 g/mol. The zero-order valence-corrected chi connectivity index (χ0v) is 19.4. The molecule has 4 saturated heterocycles. The first-order valence-corrected chi connectivity index (χ1v) is 13.2. The number of rotatable bonds is 0. The predicted molar refractivity (Wildman–Crippen MR) is 120 cm³/mol. The minimum atomic E-state index is 0.0140. The third kappa shape index (κ3) is 5.47. The molecule has 1 N–H and O–H groups in total. The molecule has 0 aromatic carbocycles. The van der Waals surface area contributed by atoms with Crippen LogP contribution in [0, 0.1) is 11.8 Å². The lowest BCUT2D eigenvalue weighted by atomic mass is 9.72. The summed E-state index contributed by atoms with van der Waals surface area (Å²) in [6, 6.07) is 0.324. The van der Waals surface area contributed by atoms with Crippen molar-refractivity contribution in [2.75, 3.05) is 52.9 Å². The van der Waals surface area contributed by atoms with Crippen LogP contribution in [0.1, 0.15) is 70.6 Å². The molecule has 6 rings (SSSR count). The van der Waals surface area contributed by atoms with Crippen molar-refractivity contribution in [2.45, 2.75) is 94.4 Å². The summed E-state index contributed by atoms with van der Waals surface area (Å²) in [5.41, 5.74) is 0.0140. The van der Waals surface area contributed by atoms with Gasteiger partial charge in [-0.05, 0) is 76.0 Å². The second-order valence-electron chi connectivity index (χ2n) is 10.7. The van der Waals surface area contributed by atoms with Crippen molar-refractivity contribution in [3.8, 4) is 0 Å². The lowest BCUT2D eigenvalue weighted by Crippen LogP contribution is -2.70. The van der Waals surface area contributed by atoms with Gasteiger partial charge in [-0.15, -0.1) is 0 Å². The average Bonchev–Trinajstić information content (AvgIpc) is 2.82. The van der Waals surface area contributed by atoms with Crippen molar-refractivity contribution in [3.05, 3.63) is 0 Å². The van der Waals surface area contributed by atoms with E-state index in [0.717, 1.165) is 64.4 Å². The Hall–Kier alpha value is -0.240. The van der Waals surface area contributed by atoms with E-state index >= 15 is 0 Å². The van der Waals surface area contributed by atoms with Crippen molar-refractivity contribution < 1.29 is 18.9 Å². The van der Waals surface area contributed by atoms with Crippen LogP contribution in [-0.4, -0.2) is 81.5 Å². The van der Waals surface area contributed by atoms with Gasteiger partial charge in [0.15, 0.2) is 0 Å². The van der Waals surface area contributed by atoms with Crippen LogP contribution in [-0.2, 0) is 18.9 Å². The molecule has 4 atom stereocenters. The number of nitrogens with one attached hydrogen (secondary N) is 1. The molecule has 6 fully saturated rings. The molecule has 0 amide bonds. The SMILES string of the molecule is C1COCN2CCC[C@@]3(COCCN3)[C@@H]2COC2CCC(CC2)C2CCCC(C2)OC1. The number of morpholine rings is 1. The molecule has 0 aromatic rings. The van der Waals surface area contributed by atoms with Gasteiger partial charge in [0.2, 0.25) is 0 Å². The minimum Gasteiger partial charge on any atom is -0.378 e. The summed E-state index contributed by atoms with van der Waals surface area (Å²) in [4.78, 5) is 2.52. The van der Waals surface area contributed by atoms with Crippen molar-refractivity contribution in [1.29, 1.82) is 0 Å². The summed E-state index contributed by atoms with van der Waals surface area (Å²) < 4.78 is 25.0. The molecule has 2 unspecified atom stereocenters. The number of hydrogen-bond acceptors (Lipinski definition) is 6. The van der Waals surface area contributed by atoms with Gasteiger partial charge in [0.25, 0.3) is 0 Å². The van der Waals surface area contributed by atoms with Crippen molar-refractivity contribution in [2.24, 2.45) is 11.8 Å². The number of fused-ring (bicyclic) bond motifs is 8. The molecule has 2 aliphatic carbocycles. The summed E-state index contributed by atoms with van der Waals surface area (Å²) in [7, 11) is 0. The van der Waals surface area contributed by atoms with E-state index in [4.69, 9.17) is 18.9 Å². The molecule has 6 aliphatic rings. The molecule has 6 nitrogen and oxygen atoms in total. The fourth-order valence-electron chi connectivity index (χ4n) is 7.05. The second kappa shape index (κ2) is 10.8. The van der Waals surface area contributed by atoms with E-state index in [9.17, 15) is 0 Å². The summed E-state index contributed by atoms with van der Waals surface area (Å²) in [6.07, 6.45) is 14.7. The molecule has 2 saturated carbocycles. The van der Waals surface area contributed by atoms with E-state index in [1.807, 2.05) is 0 Å². The van der Waals surface area contributed by atoms with E-state index < -0.39 is 0 Å². The van der Waals surface area contributed by atoms with Gasteiger partial charge >= 0.3 is 0 Å². The smallest absolute Gasteiger partial charge is 0.0994 e. The second-order valence-corrected chi connectivity index (χ2v) is 10.7. The maximum atomic E-state index is 6.64. The van der Waals surface area contributed by atoms with Gasteiger partial charge in [0.05, 0.1) is 56.9 Å². The maximum Gasteiger partial charge on any atom is 0.0994 e. The molecule has 1 spiro atoms. The van der Waals surface area contributed by atoms with Gasteiger partial charge in [-0.2, -0.15) is 0 Å². The van der Waals surface area contributed by atoms with E-state index in [1.165, 1.54) is 64.2 Å². The van der Waals surface area contributed by atoms with Crippen LogP contribution in [0.5, 0.6) is 0 Å². The number of piperidine rings is 1. The van der Waals surface area contributed by atoms with Crippen LogP contribution in [0.15, 0.2) is 0 Å². The van der Waals surface area contributed by atoms with Crippen LogP contribution in [0.4, 0.5) is 0 Å². The quantitative estimate of drug-likeness (QED) is 0.629. The van der Waals surface area contributed by atoms with E-state index in [1.54, 1.807) is 0 Å². The Bertz CT molecular complexity index is 542. The standard InChI is InChI=1S/C25H44N2O4/c1-4-21-16-23(5-1)30-14-3-13-29-19-27-12-2-10-25(18-28-15-11-26-25)24(27)17-31-22-8-6-20(21)7-9-22/h20-24,26H,1-19H2/t20?,21?,22?,23?,24-,25+/m0/s1. The molecular weight excluding hydrogens is 392 g/mol. The maximum absolute atomic E-state index is 6.64. The minimum absolute atomic E-state index is 0.0140. The largest absolute Gasteiger partial charge is 0.378 e. The Morgan fingerprint density at radius 1 is 0.774 bits per heavy atom. The summed E-state index contributed by atoms with van der Waals surface area (Å²) >= 11 is 0. The number of ether oxygens (including phenoxy) is 4. The molecule has 4 aliphatic heterocycles. The fraction of sp³-hybridized carbons (Fsp3) is 1.00. The van der Waals surface area contributed by atoms with Crippen molar-refractivity contribution in [1.82, 2.24) is 10.2 Å². The zero-order chi connectivity index (χ0) is 20.9. The zero-order valence-electron chi connectivity index (χ0n) is 19.4. The van der Waals surface area contributed by atoms with Gasteiger partial charge < -0.3 is 24.3 Å². The Morgan fingerprint density at radius 3 is 2.58 bits per heavy atom. The van der Waals surface area contributed by atoms with Crippen LogP contribution in [0.25, 0.3) is 0 Å². The Labute approximate surface area is 188 Å². The van der Waals surface area contributed by atoms with Crippen LogP contribution in [0.2, 0.25) is 0 Å². The summed E-state index contributed by atoms with van der Waals surface area (Å²) in [5.74, 6) is 1.75. The summed E-state index contributed by atoms with van der Waals surface area (Å²) in [6.45, 7) is 6.75. The third-order valence-electron chi connectivity index (χ3n) is 8.82. The molecule has 4 heterocycles. The Kier molecular flexibility index (Phi) is 7.85. The van der Waals surface area contributed by atoms with Gasteiger partial charge in [-0.25, -0.2) is 0 Å². The number of hydrogen-bond donors (Lipinski definition) is 1. The van der Waals surface area contributed by atoms with Gasteiger partial charge in [-0.3, -0.25) is 4.90 Å². The van der Waals surface area contributed by atoms with Gasteiger partial charge in [0.1, 0.15) is 0 Å². The summed E-state index contributed by atoms with van der Waals surface area (Å²) in [5, 5.41) is 3.84. The molecule has 178 valence electrons. The van der Waals surface area contributed by atoms with E-state index in [-0.39, 0.29) is 5.54 Å². The highest BCUT2D eigenvalue weighted by Gasteiger charge is 2.46. The molecule has 6 heteroatoms. The number of nitrogens with zero attached hydrogens (tertiary/aromatic N) is 1. The predicted octanol–water partition coefficient (Wildman–Crippen LogP) is 3.34. The first kappa shape index (κ1) is 22.5. The van der Waals surface area contributed by atoms with Crippen molar-refractivity contribution >= 4 is 0 Å². The fourth-order valence-corrected chi connectivity index (χ4v) is 7.05. The average molecular weight is 437 g/mol. The molecule has 31 heavy (non-hydrogen) atoms. The van der Waals surface area contributed by atoms with Crippen LogP contribution in [0.3, 0.4) is 0 Å². The van der Waals surface area contributed by atoms with Crippen molar-refractivity contribution in [3.63, 3.8) is 0 Å². The van der Waals surface area contributed by atoms with E-state index in [0.29, 0.717) is 25.0 Å². The highest BCUT2D eigenvalue weighted by Crippen LogP contribution is 2.40. The first-order chi connectivity index (χ1) is 15.3. The molecule has 0 aromatic heterocycles. The molecule has 0 radical (unpaired) electrons. The van der Waals surface area contributed by atoms with Gasteiger partial charge in [-0.1, -0.05) is 6.42 Å². The Morgan fingerprint density at radius 2 is 1.71 bits per heavy atom. The molecule has 4 bridgehead atoms. The normalized spacial score (nSPS) is 43.9. The van der Waals surface area contributed by atoms with Crippen LogP contribution >= 0.6 is 0 Å². The topological polar surface area (TPSA) is 52.2 Å². The lowest BCUT2D eigenvalue weighted by molar-refractivity contribution is -0.118. The third-order valence-corrected chi connectivity index (χ3v) is 8.82. The van der Waals surface area contributed by atoms with E-state index in [2.05, 4.69) is 10.2 Å². The highest BCUT2D eigenvalue weighted by molar-refractivity contribution is 5.04. The lowest BCUT2D eigenvalue weighted by Gasteiger charge is -2.52. The first-order valence-electron chi connectivity index (χ1n) is 13.2. The Balaban J connectivity index is 1.27.